The predicted molar refractivity (Wildman–Crippen MR) is 68.8 cm³/mol. The van der Waals surface area contributed by atoms with Gasteiger partial charge >= 0.3 is 0 Å². The highest BCUT2D eigenvalue weighted by molar-refractivity contribution is 5.46. The Morgan fingerprint density at radius 2 is 2.21 bits per heavy atom. The number of furan rings is 1. The Kier molecular flexibility index (Phi) is 4.06. The Labute approximate surface area is 111 Å². The summed E-state index contributed by atoms with van der Waals surface area (Å²) < 4.78 is 16.3. The first-order chi connectivity index (χ1) is 9.28. The molecule has 2 aromatic rings. The van der Waals surface area contributed by atoms with Gasteiger partial charge < -0.3 is 19.6 Å². The van der Waals surface area contributed by atoms with Crippen molar-refractivity contribution < 1.29 is 13.9 Å². The molecule has 0 bridgehead atoms. The molecule has 0 saturated carbocycles. The summed E-state index contributed by atoms with van der Waals surface area (Å²) in [4.78, 5) is 0. The first-order valence-electron chi connectivity index (χ1n) is 5.76. The average Bonchev–Trinajstić information content (AvgIpc) is 2.98. The summed E-state index contributed by atoms with van der Waals surface area (Å²) in [6.45, 7) is 0.274. The first kappa shape index (κ1) is 13.0. The molecule has 5 heteroatoms. The van der Waals surface area contributed by atoms with Gasteiger partial charge in [0.15, 0.2) is 17.6 Å². The van der Waals surface area contributed by atoms with E-state index in [4.69, 9.17) is 24.9 Å². The molecule has 2 N–H and O–H groups in total. The molecule has 0 aliphatic carbocycles. The van der Waals surface area contributed by atoms with Crippen LogP contribution in [0.2, 0.25) is 0 Å². The lowest BCUT2D eigenvalue weighted by Gasteiger charge is -2.17. The molecule has 98 valence electrons. The molecular formula is C14H14N2O3. The van der Waals surface area contributed by atoms with Gasteiger partial charge in [0.2, 0.25) is 0 Å². The highest BCUT2D eigenvalue weighted by Gasteiger charge is 2.17. The zero-order valence-corrected chi connectivity index (χ0v) is 10.5. The van der Waals surface area contributed by atoms with Gasteiger partial charge in [-0.25, -0.2) is 0 Å². The lowest BCUT2D eigenvalue weighted by atomic mass is 10.2. The quantitative estimate of drug-likeness (QED) is 0.889. The number of rotatable bonds is 5. The minimum atomic E-state index is -0.392. The van der Waals surface area contributed by atoms with Crippen LogP contribution in [0.3, 0.4) is 0 Å². The normalized spacial score (nSPS) is 11.6. The van der Waals surface area contributed by atoms with Crippen LogP contribution in [0.15, 0.2) is 41.0 Å². The summed E-state index contributed by atoms with van der Waals surface area (Å²) in [5.74, 6) is 1.66. The van der Waals surface area contributed by atoms with E-state index in [0.717, 1.165) is 0 Å². The van der Waals surface area contributed by atoms with Gasteiger partial charge in [-0.15, -0.1) is 0 Å². The number of hydrogen-bond donors (Lipinski definition) is 1. The highest BCUT2D eigenvalue weighted by atomic mass is 16.5. The standard InChI is InChI=1S/C14H14N2O3/c1-17-13-7-10(8-15)4-5-12(13)19-14(9-16)11-3-2-6-18-11/h2-7,14H,9,16H2,1H3. The second kappa shape index (κ2) is 5.94. The number of ether oxygens (including phenoxy) is 2. The average molecular weight is 258 g/mol. The number of benzene rings is 1. The molecule has 0 radical (unpaired) electrons. The van der Waals surface area contributed by atoms with Crippen molar-refractivity contribution in [2.45, 2.75) is 6.10 Å². The van der Waals surface area contributed by atoms with Crippen LogP contribution in [-0.2, 0) is 0 Å². The summed E-state index contributed by atoms with van der Waals surface area (Å²) in [6.07, 6.45) is 1.18. The van der Waals surface area contributed by atoms with Crippen molar-refractivity contribution in [2.24, 2.45) is 5.73 Å². The fraction of sp³-hybridized carbons (Fsp3) is 0.214. The van der Waals surface area contributed by atoms with E-state index in [9.17, 15) is 0 Å². The number of methoxy groups -OCH3 is 1. The van der Waals surface area contributed by atoms with Crippen LogP contribution in [-0.4, -0.2) is 13.7 Å². The maximum atomic E-state index is 8.85. The first-order valence-corrected chi connectivity index (χ1v) is 5.76. The van der Waals surface area contributed by atoms with E-state index in [0.29, 0.717) is 22.8 Å². The minimum absolute atomic E-state index is 0.274. The van der Waals surface area contributed by atoms with Gasteiger partial charge in [0.25, 0.3) is 0 Å². The van der Waals surface area contributed by atoms with Crippen LogP contribution < -0.4 is 15.2 Å². The van der Waals surface area contributed by atoms with Gasteiger partial charge in [-0.05, 0) is 24.3 Å². The summed E-state index contributed by atoms with van der Waals surface area (Å²) in [5, 5.41) is 8.85. The van der Waals surface area contributed by atoms with E-state index in [1.54, 1.807) is 36.6 Å². The largest absolute Gasteiger partial charge is 0.493 e. The zero-order chi connectivity index (χ0) is 13.7. The molecule has 0 aliphatic rings. The fourth-order valence-corrected chi connectivity index (χ4v) is 1.68. The van der Waals surface area contributed by atoms with Gasteiger partial charge in [-0.2, -0.15) is 5.26 Å². The van der Waals surface area contributed by atoms with Crippen LogP contribution in [0.4, 0.5) is 0 Å². The third kappa shape index (κ3) is 2.87. The van der Waals surface area contributed by atoms with Crippen molar-refractivity contribution in [1.82, 2.24) is 0 Å². The highest BCUT2D eigenvalue weighted by Crippen LogP contribution is 2.31. The molecule has 1 aromatic heterocycles. The van der Waals surface area contributed by atoms with Crippen LogP contribution >= 0.6 is 0 Å². The van der Waals surface area contributed by atoms with E-state index in [2.05, 4.69) is 0 Å². The van der Waals surface area contributed by atoms with E-state index < -0.39 is 6.10 Å². The lowest BCUT2D eigenvalue weighted by Crippen LogP contribution is -2.18. The third-order valence-corrected chi connectivity index (χ3v) is 2.64. The monoisotopic (exact) mass is 258 g/mol. The maximum Gasteiger partial charge on any atom is 0.168 e. The van der Waals surface area contributed by atoms with Gasteiger partial charge in [0.1, 0.15) is 5.76 Å². The maximum absolute atomic E-state index is 8.85. The number of nitriles is 1. The Balaban J connectivity index is 2.25. The summed E-state index contributed by atoms with van der Waals surface area (Å²) >= 11 is 0. The molecule has 0 aliphatic heterocycles. The molecule has 0 saturated heterocycles. The van der Waals surface area contributed by atoms with E-state index >= 15 is 0 Å². The molecule has 5 nitrogen and oxygen atoms in total. The molecule has 0 fully saturated rings. The van der Waals surface area contributed by atoms with Crippen molar-refractivity contribution in [3.05, 3.63) is 47.9 Å². The molecule has 19 heavy (non-hydrogen) atoms. The molecule has 1 unspecified atom stereocenters. The molecule has 0 amide bonds. The lowest BCUT2D eigenvalue weighted by molar-refractivity contribution is 0.177. The van der Waals surface area contributed by atoms with Crippen LogP contribution in [0, 0.1) is 11.3 Å². The Morgan fingerprint density at radius 1 is 1.37 bits per heavy atom. The van der Waals surface area contributed by atoms with E-state index in [1.165, 1.54) is 7.11 Å². The molecular weight excluding hydrogens is 244 g/mol. The summed E-state index contributed by atoms with van der Waals surface area (Å²) in [5.41, 5.74) is 6.19. The predicted octanol–water partition coefficient (Wildman–Crippen LogP) is 2.24. The zero-order valence-electron chi connectivity index (χ0n) is 10.5. The minimum Gasteiger partial charge on any atom is -0.493 e. The Morgan fingerprint density at radius 3 is 2.79 bits per heavy atom. The number of nitrogens with two attached hydrogens (primary N) is 1. The van der Waals surface area contributed by atoms with Gasteiger partial charge in [-0.1, -0.05) is 0 Å². The topological polar surface area (TPSA) is 81.4 Å². The number of hydrogen-bond acceptors (Lipinski definition) is 5. The van der Waals surface area contributed by atoms with Crippen LogP contribution in [0.5, 0.6) is 11.5 Å². The van der Waals surface area contributed by atoms with Crippen LogP contribution in [0.1, 0.15) is 17.4 Å². The molecule has 2 rings (SSSR count). The molecule has 1 heterocycles. The summed E-state index contributed by atoms with van der Waals surface area (Å²) in [6, 6.07) is 10.6. The second-order valence-electron chi connectivity index (χ2n) is 3.84. The molecule has 1 atom stereocenters. The molecule has 0 spiro atoms. The Hall–Kier alpha value is -2.45. The smallest absolute Gasteiger partial charge is 0.168 e. The van der Waals surface area contributed by atoms with Crippen molar-refractivity contribution in [3.8, 4) is 17.6 Å². The third-order valence-electron chi connectivity index (χ3n) is 2.64. The second-order valence-corrected chi connectivity index (χ2v) is 3.84. The van der Waals surface area contributed by atoms with Crippen molar-refractivity contribution in [1.29, 1.82) is 5.26 Å². The van der Waals surface area contributed by atoms with E-state index in [-0.39, 0.29) is 6.54 Å². The van der Waals surface area contributed by atoms with Crippen molar-refractivity contribution in [3.63, 3.8) is 0 Å². The Bertz CT molecular complexity index is 573. The van der Waals surface area contributed by atoms with E-state index in [1.807, 2.05) is 6.07 Å². The van der Waals surface area contributed by atoms with Crippen LogP contribution in [0.25, 0.3) is 0 Å². The SMILES string of the molecule is COc1cc(C#N)ccc1OC(CN)c1ccco1. The van der Waals surface area contributed by atoms with Gasteiger partial charge in [-0.3, -0.25) is 0 Å². The molecule has 1 aromatic carbocycles. The van der Waals surface area contributed by atoms with Crippen molar-refractivity contribution >= 4 is 0 Å². The van der Waals surface area contributed by atoms with Gasteiger partial charge in [0, 0.05) is 12.6 Å². The van der Waals surface area contributed by atoms with Gasteiger partial charge in [0.05, 0.1) is 25.0 Å². The summed E-state index contributed by atoms with van der Waals surface area (Å²) in [7, 11) is 1.52. The van der Waals surface area contributed by atoms with Crippen molar-refractivity contribution in [2.75, 3.05) is 13.7 Å². The number of nitrogens with zero attached hydrogens (tertiary/aromatic N) is 1. The fourth-order valence-electron chi connectivity index (χ4n) is 1.68.